The molecule has 1 saturated heterocycles. The zero-order valence-corrected chi connectivity index (χ0v) is 14.1. The highest BCUT2D eigenvalue weighted by molar-refractivity contribution is 5.81. The molecule has 3 rings (SSSR count). The molecule has 0 aromatic heterocycles. The fraction of sp³-hybridized carbons (Fsp3) is 0.350. The van der Waals surface area contributed by atoms with E-state index in [1.807, 2.05) is 12.1 Å². The predicted octanol–water partition coefficient (Wildman–Crippen LogP) is 1.97. The van der Waals surface area contributed by atoms with Gasteiger partial charge in [-0.25, -0.2) is 0 Å². The van der Waals surface area contributed by atoms with Gasteiger partial charge in [0, 0.05) is 32.1 Å². The summed E-state index contributed by atoms with van der Waals surface area (Å²) in [6.45, 7) is 1.55. The van der Waals surface area contributed by atoms with E-state index in [9.17, 15) is 4.79 Å². The second kappa shape index (κ2) is 7.60. The van der Waals surface area contributed by atoms with Crippen molar-refractivity contribution in [2.75, 3.05) is 20.1 Å². The first kappa shape index (κ1) is 16.7. The average molecular weight is 323 g/mol. The number of nitrogens with two attached hydrogens (primary N) is 1. The molecular formula is C20H25N3O. The van der Waals surface area contributed by atoms with Crippen molar-refractivity contribution in [3.05, 3.63) is 71.8 Å². The van der Waals surface area contributed by atoms with Crippen LogP contribution in [0.3, 0.4) is 0 Å². The summed E-state index contributed by atoms with van der Waals surface area (Å²) < 4.78 is 0. The molecule has 126 valence electrons. The molecule has 4 nitrogen and oxygen atoms in total. The van der Waals surface area contributed by atoms with Gasteiger partial charge in [-0.2, -0.15) is 0 Å². The van der Waals surface area contributed by atoms with Crippen LogP contribution in [-0.2, 0) is 4.79 Å². The summed E-state index contributed by atoms with van der Waals surface area (Å²) in [7, 11) is 1.69. The highest BCUT2D eigenvalue weighted by Gasteiger charge is 2.36. The number of carbonyl (C=O) groups is 1. The standard InChI is InChI=1S/C20H25N3O/c1-22-20(24)19-12-17(21)13-23(19)14-18(15-8-4-2-5-9-15)16-10-6-3-7-11-16/h2-11,17-19H,12-14,21H2,1H3,(H,22,24)/t17-,19+/m1/s1. The van der Waals surface area contributed by atoms with Gasteiger partial charge in [-0.3, -0.25) is 9.69 Å². The lowest BCUT2D eigenvalue weighted by Gasteiger charge is -2.28. The molecule has 0 bridgehead atoms. The van der Waals surface area contributed by atoms with Gasteiger partial charge in [-0.15, -0.1) is 0 Å². The minimum Gasteiger partial charge on any atom is -0.358 e. The number of hydrogen-bond donors (Lipinski definition) is 2. The van der Waals surface area contributed by atoms with Crippen LogP contribution in [0.15, 0.2) is 60.7 Å². The smallest absolute Gasteiger partial charge is 0.237 e. The maximum Gasteiger partial charge on any atom is 0.237 e. The Morgan fingerprint density at radius 3 is 2.17 bits per heavy atom. The molecule has 24 heavy (non-hydrogen) atoms. The van der Waals surface area contributed by atoms with E-state index in [1.165, 1.54) is 11.1 Å². The third-order valence-corrected chi connectivity index (χ3v) is 4.81. The van der Waals surface area contributed by atoms with E-state index in [1.54, 1.807) is 7.05 Å². The highest BCUT2D eigenvalue weighted by Crippen LogP contribution is 2.28. The number of amides is 1. The van der Waals surface area contributed by atoms with Gasteiger partial charge in [-0.05, 0) is 17.5 Å². The number of nitrogens with one attached hydrogen (secondary N) is 1. The Labute approximate surface area is 143 Å². The number of rotatable bonds is 5. The monoisotopic (exact) mass is 323 g/mol. The molecule has 1 fully saturated rings. The average Bonchev–Trinajstić information content (AvgIpc) is 3.01. The van der Waals surface area contributed by atoms with Crippen LogP contribution < -0.4 is 11.1 Å². The quantitative estimate of drug-likeness (QED) is 0.884. The molecular weight excluding hydrogens is 298 g/mol. The van der Waals surface area contributed by atoms with Gasteiger partial charge in [0.2, 0.25) is 5.91 Å². The molecule has 1 aliphatic heterocycles. The molecule has 0 spiro atoms. The van der Waals surface area contributed by atoms with Crippen LogP contribution in [0.2, 0.25) is 0 Å². The van der Waals surface area contributed by atoms with Crippen molar-refractivity contribution in [1.29, 1.82) is 0 Å². The second-order valence-corrected chi connectivity index (χ2v) is 6.45. The van der Waals surface area contributed by atoms with Gasteiger partial charge in [0.05, 0.1) is 6.04 Å². The van der Waals surface area contributed by atoms with Gasteiger partial charge in [0.15, 0.2) is 0 Å². The molecule has 0 aliphatic carbocycles. The summed E-state index contributed by atoms with van der Waals surface area (Å²) in [6, 6.07) is 20.9. The zero-order chi connectivity index (χ0) is 16.9. The van der Waals surface area contributed by atoms with E-state index in [2.05, 4.69) is 58.7 Å². The van der Waals surface area contributed by atoms with Crippen LogP contribution in [0, 0.1) is 0 Å². The maximum atomic E-state index is 12.2. The number of likely N-dealkylation sites (tertiary alicyclic amines) is 1. The van der Waals surface area contributed by atoms with Crippen molar-refractivity contribution in [2.24, 2.45) is 5.73 Å². The predicted molar refractivity (Wildman–Crippen MR) is 96.7 cm³/mol. The maximum absolute atomic E-state index is 12.2. The van der Waals surface area contributed by atoms with E-state index in [4.69, 9.17) is 5.73 Å². The minimum absolute atomic E-state index is 0.0551. The minimum atomic E-state index is -0.139. The molecule has 0 radical (unpaired) electrons. The summed E-state index contributed by atoms with van der Waals surface area (Å²) >= 11 is 0. The number of hydrogen-bond acceptors (Lipinski definition) is 3. The van der Waals surface area contributed by atoms with Crippen molar-refractivity contribution in [3.63, 3.8) is 0 Å². The van der Waals surface area contributed by atoms with Crippen LogP contribution in [-0.4, -0.2) is 43.0 Å². The lowest BCUT2D eigenvalue weighted by Crippen LogP contribution is -2.43. The third kappa shape index (κ3) is 3.66. The van der Waals surface area contributed by atoms with Crippen LogP contribution >= 0.6 is 0 Å². The van der Waals surface area contributed by atoms with Crippen molar-refractivity contribution in [3.8, 4) is 0 Å². The molecule has 0 unspecified atom stereocenters. The van der Waals surface area contributed by atoms with Gasteiger partial charge >= 0.3 is 0 Å². The number of carbonyl (C=O) groups excluding carboxylic acids is 1. The lowest BCUT2D eigenvalue weighted by molar-refractivity contribution is -0.125. The van der Waals surface area contributed by atoms with Gasteiger partial charge in [-0.1, -0.05) is 60.7 Å². The Bertz CT molecular complexity index is 620. The van der Waals surface area contributed by atoms with Crippen LogP contribution in [0.4, 0.5) is 0 Å². The van der Waals surface area contributed by atoms with Crippen molar-refractivity contribution >= 4 is 5.91 Å². The van der Waals surface area contributed by atoms with E-state index in [0.717, 1.165) is 19.5 Å². The zero-order valence-electron chi connectivity index (χ0n) is 14.1. The van der Waals surface area contributed by atoms with Crippen molar-refractivity contribution < 1.29 is 4.79 Å². The Morgan fingerprint density at radius 2 is 1.67 bits per heavy atom. The normalized spacial score (nSPS) is 21.1. The fourth-order valence-electron chi connectivity index (χ4n) is 3.59. The number of nitrogens with zero attached hydrogens (tertiary/aromatic N) is 1. The topological polar surface area (TPSA) is 58.4 Å². The van der Waals surface area contributed by atoms with E-state index >= 15 is 0 Å². The molecule has 2 atom stereocenters. The molecule has 2 aromatic carbocycles. The second-order valence-electron chi connectivity index (χ2n) is 6.45. The summed E-state index contributed by atoms with van der Waals surface area (Å²) in [4.78, 5) is 14.4. The largest absolute Gasteiger partial charge is 0.358 e. The molecule has 1 aliphatic rings. The van der Waals surface area contributed by atoms with Crippen LogP contribution in [0.25, 0.3) is 0 Å². The van der Waals surface area contributed by atoms with Gasteiger partial charge in [0.25, 0.3) is 0 Å². The van der Waals surface area contributed by atoms with Crippen LogP contribution in [0.5, 0.6) is 0 Å². The fourth-order valence-corrected chi connectivity index (χ4v) is 3.59. The Morgan fingerprint density at radius 1 is 1.12 bits per heavy atom. The summed E-state index contributed by atoms with van der Waals surface area (Å²) in [5, 5.41) is 2.77. The molecule has 0 saturated carbocycles. The molecule has 3 N–H and O–H groups in total. The molecule has 2 aromatic rings. The van der Waals surface area contributed by atoms with Crippen LogP contribution in [0.1, 0.15) is 23.5 Å². The van der Waals surface area contributed by atoms with Gasteiger partial charge < -0.3 is 11.1 Å². The lowest BCUT2D eigenvalue weighted by atomic mass is 9.90. The van der Waals surface area contributed by atoms with Gasteiger partial charge in [0.1, 0.15) is 0 Å². The Balaban J connectivity index is 1.88. The summed E-state index contributed by atoms with van der Waals surface area (Å²) in [5.74, 6) is 0.285. The summed E-state index contributed by atoms with van der Waals surface area (Å²) in [5.41, 5.74) is 8.67. The van der Waals surface area contributed by atoms with Crippen molar-refractivity contribution in [2.45, 2.75) is 24.4 Å². The van der Waals surface area contributed by atoms with E-state index in [-0.39, 0.29) is 23.9 Å². The van der Waals surface area contributed by atoms with E-state index < -0.39 is 0 Å². The Kier molecular flexibility index (Phi) is 5.28. The Hall–Kier alpha value is -2.17. The molecule has 1 amide bonds. The van der Waals surface area contributed by atoms with Crippen molar-refractivity contribution in [1.82, 2.24) is 10.2 Å². The third-order valence-electron chi connectivity index (χ3n) is 4.81. The molecule has 4 heteroatoms. The number of likely N-dealkylation sites (N-methyl/N-ethyl adjacent to an activating group) is 1. The first-order chi connectivity index (χ1) is 11.7. The SMILES string of the molecule is CNC(=O)[C@@H]1C[C@@H](N)CN1CC(c1ccccc1)c1ccccc1. The summed E-state index contributed by atoms with van der Waals surface area (Å²) in [6.07, 6.45) is 0.718. The van der Waals surface area contributed by atoms with E-state index in [0.29, 0.717) is 0 Å². The highest BCUT2D eigenvalue weighted by atomic mass is 16.2. The first-order valence-electron chi connectivity index (χ1n) is 8.50. The molecule has 1 heterocycles. The number of benzene rings is 2. The first-order valence-corrected chi connectivity index (χ1v) is 8.50.